The van der Waals surface area contributed by atoms with Gasteiger partial charge in [0.05, 0.1) is 12.0 Å². The minimum absolute atomic E-state index is 0.0355. The van der Waals surface area contributed by atoms with E-state index in [1.165, 1.54) is 18.2 Å². The van der Waals surface area contributed by atoms with Crippen molar-refractivity contribution in [2.75, 3.05) is 6.61 Å². The van der Waals surface area contributed by atoms with Crippen LogP contribution in [0.2, 0.25) is 0 Å². The smallest absolute Gasteiger partial charge is 0.383 e. The Hall–Kier alpha value is -2.17. The van der Waals surface area contributed by atoms with E-state index in [2.05, 4.69) is 6.92 Å². The summed E-state index contributed by atoms with van der Waals surface area (Å²) >= 11 is 0. The molecule has 5 nitrogen and oxygen atoms in total. The van der Waals surface area contributed by atoms with Crippen molar-refractivity contribution in [2.24, 2.45) is 0 Å². The van der Waals surface area contributed by atoms with Crippen molar-refractivity contribution in [2.45, 2.75) is 26.2 Å². The van der Waals surface area contributed by atoms with Crippen LogP contribution in [0.5, 0.6) is 17.2 Å². The van der Waals surface area contributed by atoms with Crippen LogP contribution in [0.15, 0.2) is 27.4 Å². The number of aromatic hydroxyl groups is 2. The molecule has 1 heterocycles. The molecule has 2 aromatic rings. The first-order valence-corrected chi connectivity index (χ1v) is 6.25. The third-order valence-electron chi connectivity index (χ3n) is 2.82. The van der Waals surface area contributed by atoms with Gasteiger partial charge in [-0.05, 0) is 18.6 Å². The molecular weight excluding hydrogens is 248 g/mol. The lowest BCUT2D eigenvalue weighted by Gasteiger charge is -2.08. The molecule has 0 spiro atoms. The number of phenolic OH excluding ortho intramolecular Hbond substituents is 1. The fraction of sp³-hybridized carbons (Fsp3) is 0.357. The molecule has 102 valence electrons. The topological polar surface area (TPSA) is 79.9 Å². The summed E-state index contributed by atoms with van der Waals surface area (Å²) in [6.45, 7) is 2.42. The van der Waals surface area contributed by atoms with E-state index in [0.29, 0.717) is 12.0 Å². The lowest BCUT2D eigenvalue weighted by Crippen LogP contribution is -2.08. The highest BCUT2D eigenvalue weighted by Crippen LogP contribution is 2.32. The van der Waals surface area contributed by atoms with Gasteiger partial charge in [-0.15, -0.1) is 0 Å². The van der Waals surface area contributed by atoms with Gasteiger partial charge in [-0.25, -0.2) is 4.79 Å². The van der Waals surface area contributed by atoms with Crippen LogP contribution in [0, 0.1) is 0 Å². The van der Waals surface area contributed by atoms with Crippen molar-refractivity contribution >= 4 is 11.0 Å². The van der Waals surface area contributed by atoms with Gasteiger partial charge < -0.3 is 19.4 Å². The first kappa shape index (κ1) is 13.3. The molecule has 0 saturated carbocycles. The number of fused-ring (bicyclic) bond motifs is 1. The Morgan fingerprint density at radius 2 is 2.05 bits per heavy atom. The highest BCUT2D eigenvalue weighted by atomic mass is 16.5. The van der Waals surface area contributed by atoms with Crippen LogP contribution in [-0.2, 0) is 0 Å². The molecule has 0 atom stereocenters. The van der Waals surface area contributed by atoms with Gasteiger partial charge in [-0.3, -0.25) is 0 Å². The van der Waals surface area contributed by atoms with Gasteiger partial charge in [0.15, 0.2) is 5.75 Å². The molecule has 0 fully saturated rings. The minimum Gasteiger partial charge on any atom is -0.508 e. The second kappa shape index (κ2) is 5.65. The zero-order valence-electron chi connectivity index (χ0n) is 10.7. The van der Waals surface area contributed by atoms with Gasteiger partial charge in [-0.1, -0.05) is 19.8 Å². The van der Waals surface area contributed by atoms with Gasteiger partial charge in [0.2, 0.25) is 5.75 Å². The lowest BCUT2D eigenvalue weighted by atomic mass is 10.2. The van der Waals surface area contributed by atoms with Crippen LogP contribution < -0.4 is 10.4 Å². The van der Waals surface area contributed by atoms with E-state index in [1.807, 2.05) is 0 Å². The molecule has 0 saturated heterocycles. The number of hydrogen-bond acceptors (Lipinski definition) is 5. The molecule has 1 aromatic carbocycles. The Labute approximate surface area is 110 Å². The predicted octanol–water partition coefficient (Wildman–Crippen LogP) is 2.77. The van der Waals surface area contributed by atoms with Gasteiger partial charge in [0.1, 0.15) is 11.3 Å². The van der Waals surface area contributed by atoms with E-state index >= 15 is 0 Å². The number of rotatable bonds is 5. The highest BCUT2D eigenvalue weighted by Gasteiger charge is 2.15. The van der Waals surface area contributed by atoms with E-state index in [4.69, 9.17) is 9.15 Å². The summed E-state index contributed by atoms with van der Waals surface area (Å²) < 4.78 is 10.3. The van der Waals surface area contributed by atoms with Crippen molar-refractivity contribution < 1.29 is 19.4 Å². The van der Waals surface area contributed by atoms with E-state index in [1.54, 1.807) is 0 Å². The van der Waals surface area contributed by atoms with Crippen molar-refractivity contribution in [1.82, 2.24) is 0 Å². The first-order chi connectivity index (χ1) is 9.13. The van der Waals surface area contributed by atoms with Crippen molar-refractivity contribution in [3.8, 4) is 17.2 Å². The quantitative estimate of drug-likeness (QED) is 0.641. The summed E-state index contributed by atoms with van der Waals surface area (Å²) in [5.41, 5.74) is -0.615. The van der Waals surface area contributed by atoms with Crippen LogP contribution in [0.4, 0.5) is 0 Å². The van der Waals surface area contributed by atoms with Gasteiger partial charge in [-0.2, -0.15) is 0 Å². The average Bonchev–Trinajstić information content (AvgIpc) is 2.37. The molecule has 0 radical (unpaired) electrons. The van der Waals surface area contributed by atoms with Crippen LogP contribution in [0.1, 0.15) is 26.2 Å². The number of benzene rings is 1. The summed E-state index contributed by atoms with van der Waals surface area (Å²) in [5, 5.41) is 19.7. The maximum atomic E-state index is 11.7. The molecule has 2 N–H and O–H groups in total. The molecule has 2 rings (SSSR count). The van der Waals surface area contributed by atoms with Crippen LogP contribution in [-0.4, -0.2) is 16.8 Å². The average molecular weight is 264 g/mol. The standard InChI is InChI=1S/C14H16O5/c1-2-3-4-7-18-13-12(16)10-6-5-9(15)8-11(10)19-14(13)17/h5-6,8,15-16H,2-4,7H2,1H3. The Balaban J connectivity index is 2.34. The van der Waals surface area contributed by atoms with Crippen molar-refractivity contribution in [3.05, 3.63) is 28.6 Å². The van der Waals surface area contributed by atoms with E-state index in [9.17, 15) is 15.0 Å². The van der Waals surface area contributed by atoms with Gasteiger partial charge in [0, 0.05) is 6.07 Å². The Bertz CT molecular complexity index is 630. The number of phenols is 1. The zero-order valence-corrected chi connectivity index (χ0v) is 10.7. The molecule has 0 aliphatic heterocycles. The number of ether oxygens (including phenoxy) is 1. The minimum atomic E-state index is -0.743. The maximum Gasteiger partial charge on any atom is 0.383 e. The first-order valence-electron chi connectivity index (χ1n) is 6.25. The third-order valence-corrected chi connectivity index (χ3v) is 2.82. The molecule has 0 unspecified atom stereocenters. The summed E-state index contributed by atoms with van der Waals surface area (Å²) in [6, 6.07) is 4.15. The summed E-state index contributed by atoms with van der Waals surface area (Å²) in [7, 11) is 0. The van der Waals surface area contributed by atoms with Crippen LogP contribution >= 0.6 is 0 Å². The summed E-state index contributed by atoms with van der Waals surface area (Å²) in [6.07, 6.45) is 2.84. The molecule has 0 bridgehead atoms. The summed E-state index contributed by atoms with van der Waals surface area (Å²) in [5.74, 6) is -0.455. The molecule has 1 aromatic heterocycles. The monoisotopic (exact) mass is 264 g/mol. The van der Waals surface area contributed by atoms with E-state index in [-0.39, 0.29) is 22.8 Å². The summed E-state index contributed by atoms with van der Waals surface area (Å²) in [4.78, 5) is 11.7. The maximum absolute atomic E-state index is 11.7. The van der Waals surface area contributed by atoms with Crippen LogP contribution in [0.25, 0.3) is 11.0 Å². The fourth-order valence-corrected chi connectivity index (χ4v) is 1.81. The van der Waals surface area contributed by atoms with Crippen molar-refractivity contribution in [1.29, 1.82) is 0 Å². The van der Waals surface area contributed by atoms with E-state index in [0.717, 1.165) is 19.3 Å². The second-order valence-electron chi connectivity index (χ2n) is 4.30. The molecular formula is C14H16O5. The fourth-order valence-electron chi connectivity index (χ4n) is 1.81. The highest BCUT2D eigenvalue weighted by molar-refractivity contribution is 5.86. The number of unbranched alkanes of at least 4 members (excludes halogenated alkanes) is 2. The molecule has 0 aliphatic carbocycles. The number of hydrogen-bond donors (Lipinski definition) is 2. The predicted molar refractivity (Wildman–Crippen MR) is 70.8 cm³/mol. The second-order valence-corrected chi connectivity index (χ2v) is 4.30. The Morgan fingerprint density at radius 1 is 1.26 bits per heavy atom. The molecule has 0 amide bonds. The van der Waals surface area contributed by atoms with Crippen molar-refractivity contribution in [3.63, 3.8) is 0 Å². The lowest BCUT2D eigenvalue weighted by molar-refractivity contribution is 0.276. The van der Waals surface area contributed by atoms with Gasteiger partial charge in [0.25, 0.3) is 0 Å². The Kier molecular flexibility index (Phi) is 3.94. The SMILES string of the molecule is CCCCCOc1c(O)c2ccc(O)cc2oc1=O. The molecule has 5 heteroatoms. The van der Waals surface area contributed by atoms with Crippen LogP contribution in [0.3, 0.4) is 0 Å². The van der Waals surface area contributed by atoms with E-state index < -0.39 is 5.63 Å². The molecule has 0 aliphatic rings. The van der Waals surface area contributed by atoms with Gasteiger partial charge >= 0.3 is 5.63 Å². The zero-order chi connectivity index (χ0) is 13.8. The Morgan fingerprint density at radius 3 is 2.79 bits per heavy atom. The molecule has 19 heavy (non-hydrogen) atoms. The largest absolute Gasteiger partial charge is 0.508 e. The third kappa shape index (κ3) is 2.81. The normalized spacial score (nSPS) is 10.8.